The molecule has 1 atom stereocenters. The average Bonchev–Trinajstić information content (AvgIpc) is 2.78. The van der Waals surface area contributed by atoms with Crippen molar-refractivity contribution < 1.29 is 0 Å². The van der Waals surface area contributed by atoms with Gasteiger partial charge in [0.25, 0.3) is 0 Å². The SMILES string of the molecule is Cl.Cn1nncc1CN1CCCC(Nc2ccc(N)nc2)CC1. The second kappa shape index (κ2) is 8.12. The number of hydrogen-bond acceptors (Lipinski definition) is 6. The second-order valence-corrected chi connectivity index (χ2v) is 5.87. The molecule has 3 heterocycles. The van der Waals surface area contributed by atoms with Crippen molar-refractivity contribution in [3.8, 4) is 0 Å². The lowest BCUT2D eigenvalue weighted by atomic mass is 10.1. The summed E-state index contributed by atoms with van der Waals surface area (Å²) in [4.78, 5) is 6.60. The zero-order chi connectivity index (χ0) is 15.4. The average molecular weight is 338 g/mol. The summed E-state index contributed by atoms with van der Waals surface area (Å²) < 4.78 is 1.85. The van der Waals surface area contributed by atoms with Crippen molar-refractivity contribution in [1.82, 2.24) is 24.9 Å². The highest BCUT2D eigenvalue weighted by Crippen LogP contribution is 2.18. The van der Waals surface area contributed by atoms with E-state index in [2.05, 4.69) is 25.5 Å². The third kappa shape index (κ3) is 4.80. The van der Waals surface area contributed by atoms with Crippen molar-refractivity contribution in [3.63, 3.8) is 0 Å². The molecule has 0 aliphatic carbocycles. The van der Waals surface area contributed by atoms with Gasteiger partial charge < -0.3 is 11.1 Å². The fraction of sp³-hybridized carbons (Fsp3) is 0.533. The molecule has 2 aromatic heterocycles. The van der Waals surface area contributed by atoms with Crippen LogP contribution in [-0.2, 0) is 13.6 Å². The number of anilines is 2. The smallest absolute Gasteiger partial charge is 0.123 e. The predicted molar refractivity (Wildman–Crippen MR) is 93.4 cm³/mol. The van der Waals surface area contributed by atoms with E-state index in [0.717, 1.165) is 37.4 Å². The topological polar surface area (TPSA) is 84.9 Å². The molecule has 0 amide bonds. The highest BCUT2D eigenvalue weighted by Gasteiger charge is 2.18. The monoisotopic (exact) mass is 337 g/mol. The Balaban J connectivity index is 0.00000192. The van der Waals surface area contributed by atoms with Crippen molar-refractivity contribution in [2.75, 3.05) is 24.1 Å². The molecule has 1 aliphatic heterocycles. The molecule has 0 aromatic carbocycles. The number of likely N-dealkylation sites (tertiary alicyclic amines) is 1. The Labute approximate surface area is 142 Å². The van der Waals surface area contributed by atoms with Crippen LogP contribution >= 0.6 is 12.4 Å². The zero-order valence-electron chi connectivity index (χ0n) is 13.4. The van der Waals surface area contributed by atoms with E-state index in [1.807, 2.05) is 30.1 Å². The Kier molecular flexibility index (Phi) is 6.18. The van der Waals surface area contributed by atoms with Gasteiger partial charge in [-0.15, -0.1) is 17.5 Å². The molecule has 1 saturated heterocycles. The van der Waals surface area contributed by atoms with Gasteiger partial charge in [-0.05, 0) is 37.9 Å². The molecular formula is C15H24ClN7. The van der Waals surface area contributed by atoms with Gasteiger partial charge in [-0.2, -0.15) is 0 Å². The van der Waals surface area contributed by atoms with Crippen molar-refractivity contribution in [2.24, 2.45) is 7.05 Å². The lowest BCUT2D eigenvalue weighted by Crippen LogP contribution is -2.27. The van der Waals surface area contributed by atoms with E-state index in [1.54, 1.807) is 6.20 Å². The molecule has 0 radical (unpaired) electrons. The summed E-state index contributed by atoms with van der Waals surface area (Å²) in [5.41, 5.74) is 7.83. The molecule has 1 unspecified atom stereocenters. The highest BCUT2D eigenvalue weighted by atomic mass is 35.5. The third-order valence-corrected chi connectivity index (χ3v) is 4.17. The van der Waals surface area contributed by atoms with Gasteiger partial charge in [-0.1, -0.05) is 5.21 Å². The minimum Gasteiger partial charge on any atom is -0.384 e. The summed E-state index contributed by atoms with van der Waals surface area (Å²) >= 11 is 0. The number of hydrogen-bond donors (Lipinski definition) is 2. The summed E-state index contributed by atoms with van der Waals surface area (Å²) in [6.45, 7) is 3.11. The van der Waals surface area contributed by atoms with Gasteiger partial charge in [0.1, 0.15) is 5.82 Å². The van der Waals surface area contributed by atoms with Crippen LogP contribution in [0.25, 0.3) is 0 Å². The van der Waals surface area contributed by atoms with Crippen LogP contribution in [0.15, 0.2) is 24.5 Å². The Bertz CT molecular complexity index is 598. The van der Waals surface area contributed by atoms with Crippen LogP contribution in [0.1, 0.15) is 25.0 Å². The van der Waals surface area contributed by atoms with Gasteiger partial charge in [-0.25, -0.2) is 4.98 Å². The molecule has 126 valence electrons. The molecule has 8 heteroatoms. The number of halogens is 1. The normalized spacial score (nSPS) is 18.9. The van der Waals surface area contributed by atoms with Crippen molar-refractivity contribution in [1.29, 1.82) is 0 Å². The molecule has 1 aliphatic rings. The number of aromatic nitrogens is 4. The quantitative estimate of drug-likeness (QED) is 0.883. The molecular weight excluding hydrogens is 314 g/mol. The van der Waals surface area contributed by atoms with Crippen molar-refractivity contribution in [2.45, 2.75) is 31.8 Å². The first kappa shape index (κ1) is 17.5. The second-order valence-electron chi connectivity index (χ2n) is 5.87. The standard InChI is InChI=1S/C15H23N7.ClH/c1-21-14(10-18-20-21)11-22-7-2-3-12(6-8-22)19-13-4-5-15(16)17-9-13;/h4-5,9-10,12,19H,2-3,6-8,11H2,1H3,(H2,16,17);1H. The van der Waals surface area contributed by atoms with Crippen LogP contribution in [0.4, 0.5) is 11.5 Å². The van der Waals surface area contributed by atoms with Gasteiger partial charge in [0, 0.05) is 26.2 Å². The first-order valence-electron chi connectivity index (χ1n) is 7.74. The number of pyridine rings is 1. The molecule has 0 saturated carbocycles. The maximum atomic E-state index is 5.62. The summed E-state index contributed by atoms with van der Waals surface area (Å²) in [5.74, 6) is 0.558. The molecule has 1 fully saturated rings. The molecule has 2 aromatic rings. The van der Waals surface area contributed by atoms with Gasteiger partial charge in [0.05, 0.1) is 23.8 Å². The molecule has 3 rings (SSSR count). The predicted octanol–water partition coefficient (Wildman–Crippen LogP) is 1.68. The number of nitrogen functional groups attached to an aromatic ring is 1. The van der Waals surface area contributed by atoms with Gasteiger partial charge in [0.15, 0.2) is 0 Å². The fourth-order valence-corrected chi connectivity index (χ4v) is 2.87. The zero-order valence-corrected chi connectivity index (χ0v) is 14.2. The van der Waals surface area contributed by atoms with E-state index >= 15 is 0 Å². The molecule has 0 spiro atoms. The summed E-state index contributed by atoms with van der Waals surface area (Å²) in [6.07, 6.45) is 7.13. The first-order chi connectivity index (χ1) is 10.7. The van der Waals surface area contributed by atoms with Crippen LogP contribution in [0.5, 0.6) is 0 Å². The maximum absolute atomic E-state index is 5.62. The number of nitrogens with one attached hydrogen (secondary N) is 1. The van der Waals surface area contributed by atoms with E-state index in [4.69, 9.17) is 5.73 Å². The Morgan fingerprint density at radius 1 is 1.26 bits per heavy atom. The molecule has 23 heavy (non-hydrogen) atoms. The first-order valence-corrected chi connectivity index (χ1v) is 7.74. The Morgan fingerprint density at radius 3 is 2.83 bits per heavy atom. The molecule has 3 N–H and O–H groups in total. The number of nitrogens with two attached hydrogens (primary N) is 1. The summed E-state index contributed by atoms with van der Waals surface area (Å²) in [5, 5.41) is 11.5. The van der Waals surface area contributed by atoms with E-state index in [9.17, 15) is 0 Å². The minimum absolute atomic E-state index is 0. The Morgan fingerprint density at radius 2 is 2.13 bits per heavy atom. The van der Waals surface area contributed by atoms with E-state index in [0.29, 0.717) is 11.9 Å². The van der Waals surface area contributed by atoms with Crippen LogP contribution in [0.3, 0.4) is 0 Å². The fourth-order valence-electron chi connectivity index (χ4n) is 2.87. The van der Waals surface area contributed by atoms with Crippen LogP contribution in [0, 0.1) is 0 Å². The summed E-state index contributed by atoms with van der Waals surface area (Å²) in [7, 11) is 1.94. The largest absolute Gasteiger partial charge is 0.384 e. The third-order valence-electron chi connectivity index (χ3n) is 4.17. The highest BCUT2D eigenvalue weighted by molar-refractivity contribution is 5.85. The van der Waals surface area contributed by atoms with Crippen LogP contribution in [-0.4, -0.2) is 44.0 Å². The van der Waals surface area contributed by atoms with Crippen molar-refractivity contribution in [3.05, 3.63) is 30.2 Å². The van der Waals surface area contributed by atoms with E-state index < -0.39 is 0 Å². The molecule has 7 nitrogen and oxygen atoms in total. The van der Waals surface area contributed by atoms with Crippen LogP contribution < -0.4 is 11.1 Å². The van der Waals surface area contributed by atoms with Crippen molar-refractivity contribution >= 4 is 23.9 Å². The van der Waals surface area contributed by atoms with E-state index in [1.165, 1.54) is 12.8 Å². The number of rotatable bonds is 4. The Hall–Kier alpha value is -1.86. The van der Waals surface area contributed by atoms with Gasteiger partial charge in [0.2, 0.25) is 0 Å². The number of nitrogens with zero attached hydrogens (tertiary/aromatic N) is 5. The lowest BCUT2D eigenvalue weighted by Gasteiger charge is -2.20. The minimum atomic E-state index is 0. The van der Waals surface area contributed by atoms with Gasteiger partial charge in [-0.3, -0.25) is 9.58 Å². The lowest BCUT2D eigenvalue weighted by molar-refractivity contribution is 0.269. The van der Waals surface area contributed by atoms with E-state index in [-0.39, 0.29) is 12.4 Å². The van der Waals surface area contributed by atoms with Crippen LogP contribution in [0.2, 0.25) is 0 Å². The van der Waals surface area contributed by atoms with Gasteiger partial charge >= 0.3 is 0 Å². The molecule has 0 bridgehead atoms. The summed E-state index contributed by atoms with van der Waals surface area (Å²) in [6, 6.07) is 4.31. The number of aryl methyl sites for hydroxylation is 1. The maximum Gasteiger partial charge on any atom is 0.123 e.